The van der Waals surface area contributed by atoms with E-state index >= 15 is 0 Å². The van der Waals surface area contributed by atoms with Crippen LogP contribution in [0, 0.1) is 5.92 Å². The lowest BCUT2D eigenvalue weighted by Crippen LogP contribution is -2.26. The van der Waals surface area contributed by atoms with Gasteiger partial charge >= 0.3 is 0 Å². The van der Waals surface area contributed by atoms with Crippen LogP contribution < -0.4 is 5.32 Å². The number of nitrogens with one attached hydrogen (secondary N) is 1. The standard InChI is InChI=1S/C10H14ClN3O/c1-2-14-6-8(11)9(13-14)10(15)12-5-7-3-4-7/h6-7H,2-5H2,1H3,(H,12,15). The second kappa shape index (κ2) is 4.23. The van der Waals surface area contributed by atoms with Gasteiger partial charge in [-0.3, -0.25) is 9.48 Å². The van der Waals surface area contributed by atoms with Gasteiger partial charge < -0.3 is 5.32 Å². The van der Waals surface area contributed by atoms with Crippen LogP contribution in [0.5, 0.6) is 0 Å². The SMILES string of the molecule is CCn1cc(Cl)c(C(=O)NCC2CC2)n1. The van der Waals surface area contributed by atoms with Gasteiger partial charge in [0.15, 0.2) is 5.69 Å². The molecule has 82 valence electrons. The molecule has 0 saturated heterocycles. The first-order valence-corrected chi connectivity index (χ1v) is 5.59. The molecule has 1 aromatic heterocycles. The molecule has 5 heteroatoms. The highest BCUT2D eigenvalue weighted by molar-refractivity contribution is 6.33. The van der Waals surface area contributed by atoms with E-state index in [0.717, 1.165) is 13.1 Å². The van der Waals surface area contributed by atoms with Crippen LogP contribution in [0.2, 0.25) is 5.02 Å². The van der Waals surface area contributed by atoms with Crippen molar-refractivity contribution in [3.05, 3.63) is 16.9 Å². The Morgan fingerprint density at radius 2 is 2.47 bits per heavy atom. The van der Waals surface area contributed by atoms with Gasteiger partial charge in [0.05, 0.1) is 5.02 Å². The van der Waals surface area contributed by atoms with Crippen molar-refractivity contribution >= 4 is 17.5 Å². The summed E-state index contributed by atoms with van der Waals surface area (Å²) in [5.74, 6) is 0.500. The van der Waals surface area contributed by atoms with Crippen LogP contribution in [0.15, 0.2) is 6.20 Å². The molecule has 0 unspecified atom stereocenters. The van der Waals surface area contributed by atoms with E-state index in [4.69, 9.17) is 11.6 Å². The van der Waals surface area contributed by atoms with E-state index < -0.39 is 0 Å². The molecule has 1 aromatic rings. The maximum atomic E-state index is 11.7. The summed E-state index contributed by atoms with van der Waals surface area (Å²) in [4.78, 5) is 11.7. The number of amides is 1. The molecule has 0 aromatic carbocycles. The summed E-state index contributed by atoms with van der Waals surface area (Å²) in [6.07, 6.45) is 4.11. The van der Waals surface area contributed by atoms with E-state index in [1.54, 1.807) is 10.9 Å². The van der Waals surface area contributed by atoms with Crippen molar-refractivity contribution < 1.29 is 4.79 Å². The molecular weight excluding hydrogens is 214 g/mol. The molecule has 1 fully saturated rings. The number of hydrogen-bond acceptors (Lipinski definition) is 2. The maximum absolute atomic E-state index is 11.7. The first-order chi connectivity index (χ1) is 7.20. The number of carbonyl (C=O) groups is 1. The van der Waals surface area contributed by atoms with Crippen molar-refractivity contribution in [2.45, 2.75) is 26.3 Å². The second-order valence-electron chi connectivity index (χ2n) is 3.83. The first-order valence-electron chi connectivity index (χ1n) is 5.22. The highest BCUT2D eigenvalue weighted by atomic mass is 35.5. The monoisotopic (exact) mass is 227 g/mol. The molecule has 0 bridgehead atoms. The maximum Gasteiger partial charge on any atom is 0.273 e. The summed E-state index contributed by atoms with van der Waals surface area (Å²) < 4.78 is 1.66. The lowest BCUT2D eigenvalue weighted by atomic mass is 10.3. The summed E-state index contributed by atoms with van der Waals surface area (Å²) in [5.41, 5.74) is 0.333. The van der Waals surface area contributed by atoms with Crippen molar-refractivity contribution in [2.24, 2.45) is 5.92 Å². The molecule has 0 spiro atoms. The minimum absolute atomic E-state index is 0.167. The quantitative estimate of drug-likeness (QED) is 0.851. The molecule has 0 radical (unpaired) electrons. The Balaban J connectivity index is 1.99. The smallest absolute Gasteiger partial charge is 0.273 e. The third-order valence-corrected chi connectivity index (χ3v) is 2.78. The van der Waals surface area contributed by atoms with Crippen molar-refractivity contribution in [2.75, 3.05) is 6.54 Å². The molecule has 1 heterocycles. The molecular formula is C10H14ClN3O. The number of aryl methyl sites for hydroxylation is 1. The third kappa shape index (κ3) is 2.50. The average Bonchev–Trinajstić information content (AvgIpc) is 2.97. The largest absolute Gasteiger partial charge is 0.350 e. The molecule has 15 heavy (non-hydrogen) atoms. The number of rotatable bonds is 4. The van der Waals surface area contributed by atoms with Gasteiger partial charge in [0, 0.05) is 19.3 Å². The molecule has 0 aliphatic heterocycles. The van der Waals surface area contributed by atoms with E-state index in [0.29, 0.717) is 16.6 Å². The Bertz CT molecular complexity index is 371. The lowest BCUT2D eigenvalue weighted by Gasteiger charge is -2.00. The van der Waals surface area contributed by atoms with Crippen LogP contribution >= 0.6 is 11.6 Å². The van der Waals surface area contributed by atoms with E-state index in [-0.39, 0.29) is 5.91 Å². The fourth-order valence-electron chi connectivity index (χ4n) is 1.36. The first kappa shape index (κ1) is 10.5. The Kier molecular flexibility index (Phi) is 2.95. The summed E-state index contributed by atoms with van der Waals surface area (Å²) in [7, 11) is 0. The number of halogens is 1. The van der Waals surface area contributed by atoms with Crippen molar-refractivity contribution in [1.82, 2.24) is 15.1 Å². The molecule has 1 saturated carbocycles. The Labute approximate surface area is 93.6 Å². The number of hydrogen-bond donors (Lipinski definition) is 1. The highest BCUT2D eigenvalue weighted by Crippen LogP contribution is 2.27. The average molecular weight is 228 g/mol. The van der Waals surface area contributed by atoms with Crippen molar-refractivity contribution in [1.29, 1.82) is 0 Å². The number of carbonyl (C=O) groups excluding carboxylic acids is 1. The zero-order chi connectivity index (χ0) is 10.8. The van der Waals surface area contributed by atoms with Gasteiger partial charge in [-0.1, -0.05) is 11.6 Å². The van der Waals surface area contributed by atoms with E-state index in [1.807, 2.05) is 6.92 Å². The fraction of sp³-hybridized carbons (Fsp3) is 0.600. The Hall–Kier alpha value is -1.03. The Morgan fingerprint density at radius 3 is 3.00 bits per heavy atom. The number of aromatic nitrogens is 2. The summed E-state index contributed by atoms with van der Waals surface area (Å²) >= 11 is 5.91. The predicted octanol–water partition coefficient (Wildman–Crippen LogP) is 1.70. The third-order valence-electron chi connectivity index (χ3n) is 2.50. The zero-order valence-electron chi connectivity index (χ0n) is 8.66. The van der Waals surface area contributed by atoms with Gasteiger partial charge in [0.25, 0.3) is 5.91 Å². The summed E-state index contributed by atoms with van der Waals surface area (Å²) in [6, 6.07) is 0. The highest BCUT2D eigenvalue weighted by Gasteiger charge is 2.23. The van der Waals surface area contributed by atoms with Crippen LogP contribution in [-0.4, -0.2) is 22.2 Å². The van der Waals surface area contributed by atoms with Gasteiger partial charge in [-0.25, -0.2) is 0 Å². The van der Waals surface area contributed by atoms with Crippen molar-refractivity contribution in [3.8, 4) is 0 Å². The number of nitrogens with zero attached hydrogens (tertiary/aromatic N) is 2. The normalized spacial score (nSPS) is 15.3. The van der Waals surface area contributed by atoms with Gasteiger partial charge in [0.2, 0.25) is 0 Å². The molecule has 2 rings (SSSR count). The van der Waals surface area contributed by atoms with Gasteiger partial charge in [0.1, 0.15) is 0 Å². The molecule has 1 amide bonds. The minimum Gasteiger partial charge on any atom is -0.350 e. The molecule has 1 aliphatic carbocycles. The van der Waals surface area contributed by atoms with E-state index in [2.05, 4.69) is 10.4 Å². The van der Waals surface area contributed by atoms with Gasteiger partial charge in [-0.05, 0) is 25.7 Å². The Morgan fingerprint density at radius 1 is 1.73 bits per heavy atom. The van der Waals surface area contributed by atoms with Gasteiger partial charge in [-0.15, -0.1) is 0 Å². The molecule has 1 aliphatic rings. The van der Waals surface area contributed by atoms with E-state index in [9.17, 15) is 4.79 Å². The zero-order valence-corrected chi connectivity index (χ0v) is 9.42. The minimum atomic E-state index is -0.167. The lowest BCUT2D eigenvalue weighted by molar-refractivity contribution is 0.0946. The van der Waals surface area contributed by atoms with Crippen LogP contribution in [0.3, 0.4) is 0 Å². The molecule has 0 atom stereocenters. The van der Waals surface area contributed by atoms with Crippen LogP contribution in [-0.2, 0) is 6.54 Å². The topological polar surface area (TPSA) is 46.9 Å². The molecule has 4 nitrogen and oxygen atoms in total. The summed E-state index contributed by atoms with van der Waals surface area (Å²) in [6.45, 7) is 3.42. The van der Waals surface area contributed by atoms with Crippen molar-refractivity contribution in [3.63, 3.8) is 0 Å². The summed E-state index contributed by atoms with van der Waals surface area (Å²) in [5, 5.41) is 7.36. The van der Waals surface area contributed by atoms with Gasteiger partial charge in [-0.2, -0.15) is 5.10 Å². The molecule has 1 N–H and O–H groups in total. The van der Waals surface area contributed by atoms with E-state index in [1.165, 1.54) is 12.8 Å². The second-order valence-corrected chi connectivity index (χ2v) is 4.24. The predicted molar refractivity (Wildman–Crippen MR) is 58.0 cm³/mol. The van der Waals surface area contributed by atoms with Crippen LogP contribution in [0.4, 0.5) is 0 Å². The van der Waals surface area contributed by atoms with Crippen LogP contribution in [0.1, 0.15) is 30.3 Å². The fourth-order valence-corrected chi connectivity index (χ4v) is 1.59. The van der Waals surface area contributed by atoms with Crippen LogP contribution in [0.25, 0.3) is 0 Å².